The Hall–Kier alpha value is -2.75. The molecule has 9 nitrogen and oxygen atoms in total. The first-order valence-corrected chi connectivity index (χ1v) is 13.9. The van der Waals surface area contributed by atoms with Crippen molar-refractivity contribution in [2.24, 2.45) is 0 Å². The van der Waals surface area contributed by atoms with Crippen LogP contribution in [0.15, 0.2) is 18.2 Å². The summed E-state index contributed by atoms with van der Waals surface area (Å²) in [5, 5.41) is 5.36. The molecule has 0 fully saturated rings. The Morgan fingerprint density at radius 2 is 1.73 bits per heavy atom. The highest BCUT2D eigenvalue weighted by atomic mass is 32.2. The number of hydrogen-bond donors (Lipinski definition) is 2. The highest BCUT2D eigenvalue weighted by Gasteiger charge is 2.37. The van der Waals surface area contributed by atoms with E-state index in [-0.39, 0.29) is 12.5 Å². The summed E-state index contributed by atoms with van der Waals surface area (Å²) < 4.78 is 10.1. The fourth-order valence-electron chi connectivity index (χ4n) is 3.85. The third-order valence-electron chi connectivity index (χ3n) is 5.65. The summed E-state index contributed by atoms with van der Waals surface area (Å²) >= 11 is 1.55. The van der Waals surface area contributed by atoms with Crippen LogP contribution in [0.1, 0.15) is 69.7 Å². The van der Waals surface area contributed by atoms with Crippen LogP contribution < -0.4 is 10.6 Å². The lowest BCUT2D eigenvalue weighted by molar-refractivity contribution is -0.144. The van der Waals surface area contributed by atoms with Crippen molar-refractivity contribution in [2.45, 2.75) is 78.5 Å². The Morgan fingerprint density at radius 1 is 1.11 bits per heavy atom. The van der Waals surface area contributed by atoms with Gasteiger partial charge in [-0.1, -0.05) is 31.5 Å². The smallest absolute Gasteiger partial charge is 0.408 e. The Morgan fingerprint density at radius 3 is 2.24 bits per heavy atom. The van der Waals surface area contributed by atoms with Gasteiger partial charge in [0.15, 0.2) is 0 Å². The van der Waals surface area contributed by atoms with Crippen LogP contribution in [0.2, 0.25) is 0 Å². The summed E-state index contributed by atoms with van der Waals surface area (Å²) in [4.78, 5) is 53.6. The van der Waals surface area contributed by atoms with Crippen LogP contribution in [0, 0.1) is 13.8 Å². The standard InChI is InChI=1S/C27H43N3O6S/c1-9-10-15-30(25(33)20(14-16-37-8)29-26(34)36-27(4,5)6)23(24(32)28-17-21(31)35-7)22-18(2)12-11-13-19(22)3/h11-13,20,23H,9-10,14-17H2,1-8H3,(H,28,32)(H,29,34). The van der Waals surface area contributed by atoms with Gasteiger partial charge in [0.25, 0.3) is 0 Å². The Bertz CT molecular complexity index is 911. The van der Waals surface area contributed by atoms with E-state index in [1.807, 2.05) is 45.2 Å². The molecule has 208 valence electrons. The molecule has 0 spiro atoms. The maximum absolute atomic E-state index is 14.1. The molecule has 2 atom stereocenters. The lowest BCUT2D eigenvalue weighted by Gasteiger charge is -2.35. The SMILES string of the molecule is CCCCN(C(=O)C(CCSC)NC(=O)OC(C)(C)C)C(C(=O)NCC(=O)OC)c1c(C)cccc1C. The molecule has 37 heavy (non-hydrogen) atoms. The summed E-state index contributed by atoms with van der Waals surface area (Å²) in [6, 6.07) is 3.77. The largest absolute Gasteiger partial charge is 0.468 e. The molecule has 0 aliphatic heterocycles. The second-order valence-corrected chi connectivity index (χ2v) is 10.9. The normalized spacial score (nSPS) is 12.8. The van der Waals surface area contributed by atoms with Crippen molar-refractivity contribution in [3.8, 4) is 0 Å². The van der Waals surface area contributed by atoms with Gasteiger partial charge in [-0.25, -0.2) is 4.79 Å². The molecule has 0 aliphatic carbocycles. The van der Waals surface area contributed by atoms with E-state index in [0.717, 1.165) is 17.5 Å². The number of esters is 1. The van der Waals surface area contributed by atoms with E-state index in [2.05, 4.69) is 15.4 Å². The number of aryl methyl sites for hydroxylation is 2. The minimum atomic E-state index is -0.998. The number of hydrogen-bond acceptors (Lipinski definition) is 7. The van der Waals surface area contributed by atoms with E-state index in [1.165, 1.54) is 12.0 Å². The maximum Gasteiger partial charge on any atom is 0.408 e. The third-order valence-corrected chi connectivity index (χ3v) is 6.29. The summed E-state index contributed by atoms with van der Waals surface area (Å²) in [5.41, 5.74) is 1.64. The number of carbonyl (C=O) groups excluding carboxylic acids is 4. The number of carbonyl (C=O) groups is 4. The quantitative estimate of drug-likeness (QED) is 0.367. The van der Waals surface area contributed by atoms with E-state index in [4.69, 9.17) is 4.74 Å². The lowest BCUT2D eigenvalue weighted by atomic mass is 9.93. The van der Waals surface area contributed by atoms with Crippen LogP contribution in [-0.4, -0.2) is 72.6 Å². The zero-order valence-electron chi connectivity index (χ0n) is 23.4. The number of nitrogens with zero attached hydrogens (tertiary/aromatic N) is 1. The average Bonchev–Trinajstić information content (AvgIpc) is 2.82. The predicted molar refractivity (Wildman–Crippen MR) is 146 cm³/mol. The molecule has 10 heteroatoms. The molecular formula is C27H43N3O6S. The van der Waals surface area contributed by atoms with Crippen LogP contribution in [0.4, 0.5) is 4.79 Å². The second kappa shape index (κ2) is 15.5. The molecule has 2 N–H and O–H groups in total. The number of unbranched alkanes of at least 4 members (excludes halogenated alkanes) is 1. The van der Waals surface area contributed by atoms with Gasteiger partial charge >= 0.3 is 12.1 Å². The number of benzene rings is 1. The van der Waals surface area contributed by atoms with E-state index in [0.29, 0.717) is 30.7 Å². The Kier molecular flexibility index (Phi) is 13.5. The van der Waals surface area contributed by atoms with Crippen molar-refractivity contribution in [1.82, 2.24) is 15.5 Å². The highest BCUT2D eigenvalue weighted by Crippen LogP contribution is 2.29. The molecule has 0 saturated heterocycles. The molecule has 0 aromatic heterocycles. The number of nitrogens with one attached hydrogen (secondary N) is 2. The van der Waals surface area contributed by atoms with Gasteiger partial charge in [0, 0.05) is 6.54 Å². The van der Waals surface area contributed by atoms with Crippen LogP contribution in [0.3, 0.4) is 0 Å². The summed E-state index contributed by atoms with van der Waals surface area (Å²) in [5.74, 6) is -0.844. The van der Waals surface area contributed by atoms with Gasteiger partial charge in [-0.3, -0.25) is 14.4 Å². The molecule has 1 rings (SSSR count). The van der Waals surface area contributed by atoms with Crippen molar-refractivity contribution < 1.29 is 28.7 Å². The van der Waals surface area contributed by atoms with Gasteiger partial charge in [0.1, 0.15) is 24.2 Å². The number of methoxy groups -OCH3 is 1. The molecule has 0 heterocycles. The summed E-state index contributed by atoms with van der Waals surface area (Å²) in [6.45, 7) is 11.0. The second-order valence-electron chi connectivity index (χ2n) is 9.87. The molecule has 1 aromatic rings. The van der Waals surface area contributed by atoms with Crippen LogP contribution in [0.25, 0.3) is 0 Å². The molecule has 0 radical (unpaired) electrons. The van der Waals surface area contributed by atoms with Gasteiger partial charge in [0.2, 0.25) is 11.8 Å². The van der Waals surface area contributed by atoms with Crippen molar-refractivity contribution in [2.75, 3.05) is 32.2 Å². The van der Waals surface area contributed by atoms with Gasteiger partial charge in [-0.2, -0.15) is 11.8 Å². The fourth-order valence-corrected chi connectivity index (χ4v) is 4.32. The third kappa shape index (κ3) is 10.6. The summed E-state index contributed by atoms with van der Waals surface area (Å²) in [7, 11) is 1.24. The van der Waals surface area contributed by atoms with E-state index >= 15 is 0 Å². The maximum atomic E-state index is 14.1. The molecule has 0 aliphatic rings. The van der Waals surface area contributed by atoms with Crippen LogP contribution in [-0.2, 0) is 23.9 Å². The number of ether oxygens (including phenoxy) is 2. The molecule has 0 saturated carbocycles. The monoisotopic (exact) mass is 537 g/mol. The van der Waals surface area contributed by atoms with Gasteiger partial charge in [0.05, 0.1) is 7.11 Å². The summed E-state index contributed by atoms with van der Waals surface area (Å²) in [6.07, 6.45) is 3.04. The van der Waals surface area contributed by atoms with Crippen molar-refractivity contribution in [3.63, 3.8) is 0 Å². The first kappa shape index (κ1) is 32.3. The first-order valence-electron chi connectivity index (χ1n) is 12.6. The first-order chi connectivity index (χ1) is 17.4. The van der Waals surface area contributed by atoms with Crippen LogP contribution >= 0.6 is 11.8 Å². The van der Waals surface area contributed by atoms with E-state index < -0.39 is 35.7 Å². The van der Waals surface area contributed by atoms with Gasteiger partial charge < -0.3 is 25.0 Å². The van der Waals surface area contributed by atoms with Crippen molar-refractivity contribution >= 4 is 35.6 Å². The van der Waals surface area contributed by atoms with Crippen LogP contribution in [0.5, 0.6) is 0 Å². The minimum absolute atomic E-state index is 0.297. The number of amides is 3. The zero-order chi connectivity index (χ0) is 28.2. The molecular weight excluding hydrogens is 494 g/mol. The predicted octanol–water partition coefficient (Wildman–Crippen LogP) is 3.91. The zero-order valence-corrected chi connectivity index (χ0v) is 24.3. The molecule has 2 unspecified atom stereocenters. The lowest BCUT2D eigenvalue weighted by Crippen LogP contribution is -2.54. The van der Waals surface area contributed by atoms with Crippen molar-refractivity contribution in [3.05, 3.63) is 34.9 Å². The molecule has 3 amide bonds. The fraction of sp³-hybridized carbons (Fsp3) is 0.630. The van der Waals surface area contributed by atoms with Gasteiger partial charge in [-0.15, -0.1) is 0 Å². The average molecular weight is 538 g/mol. The number of thioether (sulfide) groups is 1. The highest BCUT2D eigenvalue weighted by molar-refractivity contribution is 7.98. The van der Waals surface area contributed by atoms with Crippen molar-refractivity contribution in [1.29, 1.82) is 0 Å². The topological polar surface area (TPSA) is 114 Å². The van der Waals surface area contributed by atoms with E-state index in [1.54, 1.807) is 32.5 Å². The number of rotatable bonds is 13. The minimum Gasteiger partial charge on any atom is -0.468 e. The Balaban J connectivity index is 3.53. The Labute approximate surface area is 225 Å². The number of alkyl carbamates (subject to hydrolysis) is 1. The van der Waals surface area contributed by atoms with E-state index in [9.17, 15) is 19.2 Å². The molecule has 1 aromatic carbocycles. The molecule has 0 bridgehead atoms. The van der Waals surface area contributed by atoms with Gasteiger partial charge in [-0.05, 0) is 76.2 Å².